The topological polar surface area (TPSA) is 49.8 Å². The van der Waals surface area contributed by atoms with E-state index in [1.165, 1.54) is 15.3 Å². The van der Waals surface area contributed by atoms with Gasteiger partial charge >= 0.3 is 6.09 Å². The van der Waals surface area contributed by atoms with Crippen molar-refractivity contribution in [1.82, 2.24) is 4.90 Å². The molecule has 1 aliphatic rings. The van der Waals surface area contributed by atoms with Crippen LogP contribution in [0.25, 0.3) is 0 Å². The molecule has 0 saturated carbocycles. The minimum atomic E-state index is -2.64. The van der Waals surface area contributed by atoms with Crippen molar-refractivity contribution in [2.75, 3.05) is 13.2 Å². The van der Waals surface area contributed by atoms with Crippen LogP contribution in [0.15, 0.2) is 72.8 Å². The molecule has 0 aliphatic carbocycles. The molecule has 28 heavy (non-hydrogen) atoms. The Morgan fingerprint density at radius 1 is 1.04 bits per heavy atom. The maximum absolute atomic E-state index is 11.7. The lowest BCUT2D eigenvalue weighted by Crippen LogP contribution is -2.67. The lowest BCUT2D eigenvalue weighted by molar-refractivity contribution is 0.105. The highest BCUT2D eigenvalue weighted by Crippen LogP contribution is 2.37. The van der Waals surface area contributed by atoms with Gasteiger partial charge in [0.1, 0.15) is 0 Å². The van der Waals surface area contributed by atoms with Crippen molar-refractivity contribution in [3.63, 3.8) is 0 Å². The average molecular weight is 396 g/mol. The maximum Gasteiger partial charge on any atom is 0.407 e. The molecule has 2 aromatic rings. The van der Waals surface area contributed by atoms with Crippen molar-refractivity contribution < 1.29 is 14.3 Å². The molecular weight excluding hydrogens is 366 g/mol. The number of amides is 1. The van der Waals surface area contributed by atoms with E-state index in [-0.39, 0.29) is 11.1 Å². The smallest absolute Gasteiger partial charge is 0.407 e. The van der Waals surface area contributed by atoms with Crippen molar-refractivity contribution in [2.45, 2.75) is 38.3 Å². The Bertz CT molecular complexity index is 775. The van der Waals surface area contributed by atoms with Crippen molar-refractivity contribution >= 4 is 24.8 Å². The summed E-state index contributed by atoms with van der Waals surface area (Å²) in [7, 11) is -2.64. The van der Waals surface area contributed by atoms with Crippen LogP contribution in [0.5, 0.6) is 0 Å². The fourth-order valence-electron chi connectivity index (χ4n) is 4.09. The Balaban J connectivity index is 2.04. The molecule has 4 nitrogen and oxygen atoms in total. The molecule has 1 N–H and O–H groups in total. The molecule has 0 spiro atoms. The van der Waals surface area contributed by atoms with Crippen LogP contribution in [0.1, 0.15) is 27.2 Å². The first kappa shape index (κ1) is 20.4. The summed E-state index contributed by atoms with van der Waals surface area (Å²) in [5.74, 6) is 0. The van der Waals surface area contributed by atoms with E-state index in [1.54, 1.807) is 0 Å². The van der Waals surface area contributed by atoms with Crippen LogP contribution in [0.4, 0.5) is 4.79 Å². The Morgan fingerprint density at radius 2 is 1.57 bits per heavy atom. The molecule has 0 radical (unpaired) electrons. The third-order valence-electron chi connectivity index (χ3n) is 5.47. The normalized spacial score (nSPS) is 17.5. The SMILES string of the molecule is CC(C)(C)[Si](OC[C@@H]1CC=CCN1C(=O)O)(c1ccccc1)c1ccccc1. The number of carboxylic acid groups (broad SMARTS) is 1. The summed E-state index contributed by atoms with van der Waals surface area (Å²) in [4.78, 5) is 13.2. The highest BCUT2D eigenvalue weighted by molar-refractivity contribution is 6.99. The highest BCUT2D eigenvalue weighted by Gasteiger charge is 2.50. The zero-order valence-corrected chi connectivity index (χ0v) is 17.8. The minimum Gasteiger partial charge on any atom is -0.465 e. The monoisotopic (exact) mass is 395 g/mol. The van der Waals surface area contributed by atoms with Gasteiger partial charge in [0, 0.05) is 6.54 Å². The fourth-order valence-corrected chi connectivity index (χ4v) is 8.69. The van der Waals surface area contributed by atoms with Crippen LogP contribution in [-0.2, 0) is 4.43 Å². The van der Waals surface area contributed by atoms with E-state index in [4.69, 9.17) is 4.43 Å². The third-order valence-corrected chi connectivity index (χ3v) is 10.5. The fraction of sp³-hybridized carbons (Fsp3) is 0.348. The van der Waals surface area contributed by atoms with E-state index in [2.05, 4.69) is 75.4 Å². The molecule has 2 aromatic carbocycles. The molecule has 0 saturated heterocycles. The lowest BCUT2D eigenvalue weighted by Gasteiger charge is -2.44. The van der Waals surface area contributed by atoms with Crippen molar-refractivity contribution in [3.8, 4) is 0 Å². The molecule has 0 unspecified atom stereocenters. The summed E-state index contributed by atoms with van der Waals surface area (Å²) in [6, 6.07) is 20.7. The number of rotatable bonds is 5. The second-order valence-electron chi connectivity index (χ2n) is 8.27. The van der Waals surface area contributed by atoms with Gasteiger partial charge in [-0.3, -0.25) is 4.90 Å². The van der Waals surface area contributed by atoms with E-state index in [9.17, 15) is 9.90 Å². The number of nitrogens with zero attached hydrogens (tertiary/aromatic N) is 1. The second-order valence-corrected chi connectivity index (χ2v) is 12.6. The van der Waals surface area contributed by atoms with E-state index >= 15 is 0 Å². The summed E-state index contributed by atoms with van der Waals surface area (Å²) in [5.41, 5.74) is 0. The Kier molecular flexibility index (Phi) is 6.06. The maximum atomic E-state index is 11.7. The first-order chi connectivity index (χ1) is 13.4. The number of hydrogen-bond donors (Lipinski definition) is 1. The molecule has 5 heteroatoms. The lowest BCUT2D eigenvalue weighted by atomic mass is 10.1. The number of hydrogen-bond acceptors (Lipinski definition) is 2. The number of carbonyl (C=O) groups is 1. The summed E-state index contributed by atoms with van der Waals surface area (Å²) in [6.07, 6.45) is 3.76. The Morgan fingerprint density at radius 3 is 2.04 bits per heavy atom. The van der Waals surface area contributed by atoms with Crippen LogP contribution >= 0.6 is 0 Å². The molecule has 0 bridgehead atoms. The van der Waals surface area contributed by atoms with Crippen molar-refractivity contribution in [3.05, 3.63) is 72.8 Å². The van der Waals surface area contributed by atoms with E-state index in [0.29, 0.717) is 19.6 Å². The van der Waals surface area contributed by atoms with Crippen LogP contribution < -0.4 is 10.4 Å². The number of benzene rings is 2. The van der Waals surface area contributed by atoms with Crippen LogP contribution in [-0.4, -0.2) is 43.6 Å². The predicted molar refractivity (Wildman–Crippen MR) is 116 cm³/mol. The van der Waals surface area contributed by atoms with Gasteiger partial charge in [-0.05, 0) is 21.8 Å². The summed E-state index contributed by atoms with van der Waals surface area (Å²) >= 11 is 0. The zero-order valence-electron chi connectivity index (χ0n) is 16.8. The quantitative estimate of drug-likeness (QED) is 0.618. The zero-order chi connectivity index (χ0) is 20.2. The third kappa shape index (κ3) is 3.91. The molecule has 1 amide bonds. The van der Waals surface area contributed by atoms with Crippen LogP contribution in [0, 0.1) is 0 Å². The van der Waals surface area contributed by atoms with E-state index in [0.717, 1.165) is 0 Å². The second kappa shape index (κ2) is 8.33. The van der Waals surface area contributed by atoms with Crippen molar-refractivity contribution in [1.29, 1.82) is 0 Å². The molecule has 3 rings (SSSR count). The van der Waals surface area contributed by atoms with Crippen molar-refractivity contribution in [2.24, 2.45) is 0 Å². The predicted octanol–water partition coefficient (Wildman–Crippen LogP) is 3.87. The molecule has 0 fully saturated rings. The van der Waals surface area contributed by atoms with E-state index < -0.39 is 14.4 Å². The molecule has 0 aromatic heterocycles. The van der Waals surface area contributed by atoms with Gasteiger partial charge < -0.3 is 9.53 Å². The first-order valence-electron chi connectivity index (χ1n) is 9.76. The summed E-state index contributed by atoms with van der Waals surface area (Å²) < 4.78 is 6.89. The Hall–Kier alpha value is -2.37. The Labute approximate surface area is 168 Å². The summed E-state index contributed by atoms with van der Waals surface area (Å²) in [5, 5.41) is 11.9. The molecule has 1 atom stereocenters. The minimum absolute atomic E-state index is 0.117. The van der Waals surface area contributed by atoms with Gasteiger partial charge in [0.15, 0.2) is 0 Å². The average Bonchev–Trinajstić information content (AvgIpc) is 2.69. The van der Waals surface area contributed by atoms with Gasteiger partial charge in [-0.15, -0.1) is 0 Å². The largest absolute Gasteiger partial charge is 0.465 e. The molecule has 1 aliphatic heterocycles. The van der Waals surface area contributed by atoms with Gasteiger partial charge in [0.05, 0.1) is 12.6 Å². The van der Waals surface area contributed by atoms with Gasteiger partial charge in [-0.25, -0.2) is 4.79 Å². The van der Waals surface area contributed by atoms with Crippen LogP contribution in [0.2, 0.25) is 5.04 Å². The van der Waals surface area contributed by atoms with Gasteiger partial charge in [0.25, 0.3) is 8.32 Å². The van der Waals surface area contributed by atoms with Gasteiger partial charge in [0.2, 0.25) is 0 Å². The molecule has 148 valence electrons. The van der Waals surface area contributed by atoms with E-state index in [1.807, 2.05) is 18.2 Å². The van der Waals surface area contributed by atoms with Gasteiger partial charge in [-0.2, -0.15) is 0 Å². The standard InChI is InChI=1S/C23H29NO3Si/c1-23(2,3)28(20-13-6-4-7-14-20,21-15-8-5-9-16-21)27-18-19-12-10-11-17-24(19)22(25)26/h4-11,13-16,19H,12,17-18H2,1-3H3,(H,25,26)/t19-/m0/s1. The first-order valence-corrected chi connectivity index (χ1v) is 11.7. The van der Waals surface area contributed by atoms with Gasteiger partial charge in [-0.1, -0.05) is 93.6 Å². The summed E-state index contributed by atoms with van der Waals surface area (Å²) in [6.45, 7) is 7.51. The van der Waals surface area contributed by atoms with Crippen LogP contribution in [0.3, 0.4) is 0 Å². The highest BCUT2D eigenvalue weighted by atomic mass is 28.4. The molecular formula is C23H29NO3Si. The molecule has 1 heterocycles.